The van der Waals surface area contributed by atoms with Gasteiger partial charge in [-0.3, -0.25) is 19.9 Å². The topological polar surface area (TPSA) is 107 Å². The highest BCUT2D eigenvalue weighted by molar-refractivity contribution is 5.95. The lowest BCUT2D eigenvalue weighted by atomic mass is 10.1. The highest BCUT2D eigenvalue weighted by atomic mass is 16.6. The number of nitrogens with zero attached hydrogens (tertiary/aromatic N) is 3. The van der Waals surface area contributed by atoms with Crippen LogP contribution in [0.25, 0.3) is 0 Å². The van der Waals surface area contributed by atoms with Gasteiger partial charge < -0.3 is 10.1 Å². The normalized spacial score (nSPS) is 14.2. The van der Waals surface area contributed by atoms with Gasteiger partial charge in [-0.25, -0.2) is 4.98 Å². The van der Waals surface area contributed by atoms with Crippen LogP contribution < -0.4 is 10.1 Å². The predicted molar refractivity (Wildman–Crippen MR) is 93.9 cm³/mol. The van der Waals surface area contributed by atoms with Crippen molar-refractivity contribution >= 4 is 11.6 Å². The zero-order chi connectivity index (χ0) is 18.5. The molecule has 136 valence electrons. The van der Waals surface area contributed by atoms with Gasteiger partial charge in [-0.2, -0.15) is 0 Å². The van der Waals surface area contributed by atoms with E-state index in [1.165, 1.54) is 6.07 Å². The van der Waals surface area contributed by atoms with Gasteiger partial charge in [-0.1, -0.05) is 6.07 Å². The highest BCUT2D eigenvalue weighted by Gasteiger charge is 2.20. The first-order valence-electron chi connectivity index (χ1n) is 8.54. The number of pyridine rings is 2. The van der Waals surface area contributed by atoms with Crippen molar-refractivity contribution in [1.82, 2.24) is 15.3 Å². The van der Waals surface area contributed by atoms with E-state index in [9.17, 15) is 14.9 Å². The van der Waals surface area contributed by atoms with E-state index in [2.05, 4.69) is 15.3 Å². The molecule has 0 unspecified atom stereocenters. The van der Waals surface area contributed by atoms with E-state index >= 15 is 0 Å². The van der Waals surface area contributed by atoms with E-state index in [0.717, 1.165) is 37.4 Å². The Hall–Kier alpha value is -3.03. The molecule has 0 aliphatic heterocycles. The van der Waals surface area contributed by atoms with Crippen LogP contribution in [0.5, 0.6) is 5.88 Å². The van der Waals surface area contributed by atoms with Gasteiger partial charge in [0.2, 0.25) is 5.88 Å². The number of amides is 1. The van der Waals surface area contributed by atoms with Crippen LogP contribution in [0.2, 0.25) is 0 Å². The van der Waals surface area contributed by atoms with Gasteiger partial charge >= 0.3 is 0 Å². The lowest BCUT2D eigenvalue weighted by Gasteiger charge is -2.15. The minimum Gasteiger partial charge on any atom is -0.474 e. The monoisotopic (exact) mass is 356 g/mol. The number of carbonyl (C=O) groups excluding carboxylic acids is 1. The van der Waals surface area contributed by atoms with Gasteiger partial charge in [0.15, 0.2) is 0 Å². The van der Waals surface area contributed by atoms with Crippen LogP contribution in [0.1, 0.15) is 47.3 Å². The lowest BCUT2D eigenvalue weighted by Crippen LogP contribution is -2.25. The molecule has 1 aliphatic rings. The zero-order valence-electron chi connectivity index (χ0n) is 14.5. The second-order valence-corrected chi connectivity index (χ2v) is 6.26. The summed E-state index contributed by atoms with van der Waals surface area (Å²) in [5.74, 6) is 0.1000. The fourth-order valence-electron chi connectivity index (χ4n) is 2.95. The van der Waals surface area contributed by atoms with E-state index in [1.807, 2.05) is 6.07 Å². The zero-order valence-corrected chi connectivity index (χ0v) is 14.5. The molecule has 0 spiro atoms. The summed E-state index contributed by atoms with van der Waals surface area (Å²) in [5, 5.41) is 13.7. The summed E-state index contributed by atoms with van der Waals surface area (Å²) in [6.45, 7) is 1.86. The Morgan fingerprint density at radius 2 is 2.15 bits per heavy atom. The van der Waals surface area contributed by atoms with Gasteiger partial charge in [0.05, 0.1) is 16.2 Å². The smallest absolute Gasteiger partial charge is 0.288 e. The van der Waals surface area contributed by atoms with Crippen molar-refractivity contribution in [2.24, 2.45) is 0 Å². The maximum absolute atomic E-state index is 12.4. The van der Waals surface area contributed by atoms with Crippen molar-refractivity contribution in [3.63, 3.8) is 0 Å². The molecule has 2 heterocycles. The average Bonchev–Trinajstić information content (AvgIpc) is 3.14. The van der Waals surface area contributed by atoms with Crippen LogP contribution in [0, 0.1) is 17.0 Å². The predicted octanol–water partition coefficient (Wildman–Crippen LogP) is 2.94. The van der Waals surface area contributed by atoms with E-state index in [-0.39, 0.29) is 23.9 Å². The second-order valence-electron chi connectivity index (χ2n) is 6.26. The van der Waals surface area contributed by atoms with Gasteiger partial charge in [0, 0.05) is 24.4 Å². The van der Waals surface area contributed by atoms with E-state index in [4.69, 9.17) is 4.74 Å². The Morgan fingerprint density at radius 3 is 2.88 bits per heavy atom. The van der Waals surface area contributed by atoms with Gasteiger partial charge in [-0.05, 0) is 38.7 Å². The van der Waals surface area contributed by atoms with Crippen molar-refractivity contribution < 1.29 is 14.5 Å². The molecule has 0 bridgehead atoms. The fourth-order valence-corrected chi connectivity index (χ4v) is 2.95. The summed E-state index contributed by atoms with van der Waals surface area (Å²) < 4.78 is 5.95. The molecule has 2 aromatic rings. The third kappa shape index (κ3) is 4.14. The molecular formula is C18H20N4O4. The average molecular weight is 356 g/mol. The van der Waals surface area contributed by atoms with Crippen LogP contribution in [0.3, 0.4) is 0 Å². The first-order valence-corrected chi connectivity index (χ1v) is 8.54. The summed E-state index contributed by atoms with van der Waals surface area (Å²) in [7, 11) is 0. The van der Waals surface area contributed by atoms with Crippen LogP contribution >= 0.6 is 0 Å². The number of nitrogens with one attached hydrogen (secondary N) is 1. The minimum absolute atomic E-state index is 0.169. The molecule has 1 N–H and O–H groups in total. The summed E-state index contributed by atoms with van der Waals surface area (Å²) in [5.41, 5.74) is 1.17. The third-order valence-electron chi connectivity index (χ3n) is 4.40. The number of hydrogen-bond acceptors (Lipinski definition) is 6. The van der Waals surface area contributed by atoms with Crippen molar-refractivity contribution in [3.8, 4) is 5.88 Å². The molecule has 1 saturated carbocycles. The summed E-state index contributed by atoms with van der Waals surface area (Å²) in [6, 6.07) is 4.86. The van der Waals surface area contributed by atoms with E-state index < -0.39 is 10.8 Å². The minimum atomic E-state index is -0.572. The standard InChI is InChI=1S/C18H20N4O4/c1-12-16(9-14(11-20-12)22(24)25)17(23)21-10-13-5-4-8-19-18(13)26-15-6-2-3-7-15/h4-5,8-9,11,15H,2-3,6-7,10H2,1H3,(H,21,23). The van der Waals surface area contributed by atoms with Crippen LogP contribution in [-0.4, -0.2) is 26.9 Å². The van der Waals surface area contributed by atoms with Crippen LogP contribution in [0.4, 0.5) is 5.69 Å². The van der Waals surface area contributed by atoms with E-state index in [1.54, 1.807) is 19.2 Å². The summed E-state index contributed by atoms with van der Waals surface area (Å²) >= 11 is 0. The molecule has 0 radical (unpaired) electrons. The molecule has 3 rings (SSSR count). The van der Waals surface area contributed by atoms with Gasteiger partial charge in [0.25, 0.3) is 11.6 Å². The second kappa shape index (κ2) is 7.90. The molecule has 1 amide bonds. The third-order valence-corrected chi connectivity index (χ3v) is 4.40. The molecule has 8 nitrogen and oxygen atoms in total. The maximum atomic E-state index is 12.4. The first-order chi connectivity index (χ1) is 12.5. The number of rotatable bonds is 6. The number of aryl methyl sites for hydroxylation is 1. The number of nitro groups is 1. The van der Waals surface area contributed by atoms with Crippen LogP contribution in [0.15, 0.2) is 30.6 Å². The molecular weight excluding hydrogens is 336 g/mol. The Bertz CT molecular complexity index is 819. The first kappa shape index (κ1) is 17.8. The molecule has 26 heavy (non-hydrogen) atoms. The van der Waals surface area contributed by atoms with Gasteiger partial charge in [-0.15, -0.1) is 0 Å². The quantitative estimate of drug-likeness (QED) is 0.630. The number of hydrogen-bond donors (Lipinski definition) is 1. The lowest BCUT2D eigenvalue weighted by molar-refractivity contribution is -0.385. The SMILES string of the molecule is Cc1ncc([N+](=O)[O-])cc1C(=O)NCc1cccnc1OC1CCCC1. The Morgan fingerprint density at radius 1 is 1.38 bits per heavy atom. The largest absolute Gasteiger partial charge is 0.474 e. The van der Waals surface area contributed by atoms with E-state index in [0.29, 0.717) is 11.6 Å². The van der Waals surface area contributed by atoms with Crippen molar-refractivity contribution in [2.45, 2.75) is 45.3 Å². The van der Waals surface area contributed by atoms with Crippen molar-refractivity contribution in [2.75, 3.05) is 0 Å². The number of aromatic nitrogens is 2. The maximum Gasteiger partial charge on any atom is 0.288 e. The highest BCUT2D eigenvalue weighted by Crippen LogP contribution is 2.25. The molecule has 1 aliphatic carbocycles. The van der Waals surface area contributed by atoms with Crippen LogP contribution in [-0.2, 0) is 6.54 Å². The number of carbonyl (C=O) groups is 1. The molecule has 0 atom stereocenters. The molecule has 8 heteroatoms. The van der Waals surface area contributed by atoms with Crippen molar-refractivity contribution in [1.29, 1.82) is 0 Å². The van der Waals surface area contributed by atoms with Gasteiger partial charge in [0.1, 0.15) is 12.3 Å². The summed E-state index contributed by atoms with van der Waals surface area (Å²) in [6.07, 6.45) is 7.31. The Balaban J connectivity index is 1.70. The molecule has 0 aromatic carbocycles. The molecule has 2 aromatic heterocycles. The summed E-state index contributed by atoms with van der Waals surface area (Å²) in [4.78, 5) is 30.9. The Labute approximate surface area is 150 Å². The number of ether oxygens (including phenoxy) is 1. The molecule has 0 saturated heterocycles. The fraction of sp³-hybridized carbons (Fsp3) is 0.389. The molecule has 1 fully saturated rings. The van der Waals surface area contributed by atoms with Crippen molar-refractivity contribution in [3.05, 3.63) is 57.5 Å². The Kier molecular flexibility index (Phi) is 5.40.